The average molecular weight is 167 g/mol. The van der Waals surface area contributed by atoms with Crippen LogP contribution in [0.5, 0.6) is 0 Å². The molecule has 70 valence electrons. The fourth-order valence-electron chi connectivity index (χ4n) is 2.70. The van der Waals surface area contributed by atoms with Gasteiger partial charge in [0.1, 0.15) is 0 Å². The normalized spacial score (nSPS) is 34.5. The molecule has 2 rings (SSSR count). The SMILES string of the molecule is CC1CN(C(C)C)CC2(CC2)C1. The Bertz CT molecular complexity index is 170. The van der Waals surface area contributed by atoms with Crippen molar-refractivity contribution in [3.8, 4) is 0 Å². The van der Waals surface area contributed by atoms with Crippen molar-refractivity contribution >= 4 is 0 Å². The summed E-state index contributed by atoms with van der Waals surface area (Å²) in [6.45, 7) is 9.78. The van der Waals surface area contributed by atoms with Crippen molar-refractivity contribution in [1.82, 2.24) is 4.90 Å². The highest BCUT2D eigenvalue weighted by Gasteiger charge is 2.47. The molecular formula is C11H21N. The molecule has 0 radical (unpaired) electrons. The molecule has 1 heterocycles. The standard InChI is InChI=1S/C11H21N/c1-9(2)12-7-10(3)6-11(8-12)4-5-11/h9-10H,4-8H2,1-3H3. The van der Waals surface area contributed by atoms with Crippen LogP contribution in [0.15, 0.2) is 0 Å². The van der Waals surface area contributed by atoms with E-state index in [4.69, 9.17) is 0 Å². The van der Waals surface area contributed by atoms with Gasteiger partial charge in [0.2, 0.25) is 0 Å². The van der Waals surface area contributed by atoms with Crippen molar-refractivity contribution in [1.29, 1.82) is 0 Å². The third-order valence-electron chi connectivity index (χ3n) is 3.55. The maximum Gasteiger partial charge on any atom is 0.00409 e. The van der Waals surface area contributed by atoms with Gasteiger partial charge in [-0.2, -0.15) is 0 Å². The summed E-state index contributed by atoms with van der Waals surface area (Å²) in [6, 6.07) is 0.755. The molecule has 1 saturated heterocycles. The number of likely N-dealkylation sites (tertiary alicyclic amines) is 1. The van der Waals surface area contributed by atoms with Crippen molar-refractivity contribution < 1.29 is 0 Å². The Morgan fingerprint density at radius 2 is 2.00 bits per heavy atom. The van der Waals surface area contributed by atoms with E-state index >= 15 is 0 Å². The zero-order chi connectivity index (χ0) is 8.77. The minimum atomic E-state index is 0.755. The van der Waals surface area contributed by atoms with Crippen molar-refractivity contribution in [3.05, 3.63) is 0 Å². The second-order valence-electron chi connectivity index (χ2n) is 5.33. The van der Waals surface area contributed by atoms with Crippen LogP contribution in [0, 0.1) is 11.3 Å². The first kappa shape index (κ1) is 8.55. The molecule has 1 unspecified atom stereocenters. The Balaban J connectivity index is 1.99. The molecule has 0 aromatic carbocycles. The summed E-state index contributed by atoms with van der Waals surface area (Å²) < 4.78 is 0. The number of piperidine rings is 1. The molecule has 0 bridgehead atoms. The Morgan fingerprint density at radius 3 is 2.50 bits per heavy atom. The maximum absolute atomic E-state index is 2.67. The van der Waals surface area contributed by atoms with E-state index in [2.05, 4.69) is 25.7 Å². The molecule has 12 heavy (non-hydrogen) atoms. The second kappa shape index (κ2) is 2.73. The summed E-state index contributed by atoms with van der Waals surface area (Å²) in [7, 11) is 0. The Labute approximate surface area is 76.1 Å². The lowest BCUT2D eigenvalue weighted by molar-refractivity contribution is 0.0916. The van der Waals surface area contributed by atoms with Gasteiger partial charge in [-0.05, 0) is 44.4 Å². The number of rotatable bonds is 1. The molecule has 1 nitrogen and oxygen atoms in total. The van der Waals surface area contributed by atoms with Crippen molar-refractivity contribution in [2.24, 2.45) is 11.3 Å². The molecule has 0 N–H and O–H groups in total. The predicted octanol–water partition coefficient (Wildman–Crippen LogP) is 2.52. The third kappa shape index (κ3) is 1.52. The Hall–Kier alpha value is -0.0400. The van der Waals surface area contributed by atoms with Gasteiger partial charge in [0.05, 0.1) is 0 Å². The lowest BCUT2D eigenvalue weighted by atomic mass is 9.87. The summed E-state index contributed by atoms with van der Waals surface area (Å²) in [5, 5.41) is 0. The molecule has 1 aliphatic carbocycles. The van der Waals surface area contributed by atoms with Gasteiger partial charge in [-0.25, -0.2) is 0 Å². The first-order chi connectivity index (χ1) is 5.61. The quantitative estimate of drug-likeness (QED) is 0.580. The van der Waals surface area contributed by atoms with E-state index in [1.807, 2.05) is 0 Å². The van der Waals surface area contributed by atoms with Crippen LogP contribution in [-0.2, 0) is 0 Å². The summed E-state index contributed by atoms with van der Waals surface area (Å²) in [6.07, 6.45) is 4.50. The van der Waals surface area contributed by atoms with Gasteiger partial charge in [0, 0.05) is 19.1 Å². The molecule has 0 aromatic heterocycles. The largest absolute Gasteiger partial charge is 0.300 e. The van der Waals surface area contributed by atoms with Crippen LogP contribution in [0.2, 0.25) is 0 Å². The average Bonchev–Trinajstić information content (AvgIpc) is 2.67. The fraction of sp³-hybridized carbons (Fsp3) is 1.00. The zero-order valence-electron chi connectivity index (χ0n) is 8.64. The lowest BCUT2D eigenvalue weighted by Gasteiger charge is -2.39. The molecule has 1 atom stereocenters. The van der Waals surface area contributed by atoms with Crippen LogP contribution >= 0.6 is 0 Å². The molecule has 2 fully saturated rings. The molecule has 1 spiro atoms. The van der Waals surface area contributed by atoms with Crippen LogP contribution in [0.3, 0.4) is 0 Å². The van der Waals surface area contributed by atoms with Gasteiger partial charge in [0.25, 0.3) is 0 Å². The van der Waals surface area contributed by atoms with Crippen molar-refractivity contribution in [2.45, 2.75) is 46.1 Å². The van der Waals surface area contributed by atoms with E-state index in [1.54, 1.807) is 0 Å². The second-order valence-corrected chi connectivity index (χ2v) is 5.33. The lowest BCUT2D eigenvalue weighted by Crippen LogP contribution is -2.44. The van der Waals surface area contributed by atoms with Gasteiger partial charge in [-0.3, -0.25) is 0 Å². The Kier molecular flexibility index (Phi) is 1.95. The van der Waals surface area contributed by atoms with Gasteiger partial charge in [-0.1, -0.05) is 6.92 Å². The van der Waals surface area contributed by atoms with E-state index in [0.29, 0.717) is 0 Å². The molecule has 0 amide bonds. The van der Waals surface area contributed by atoms with Crippen LogP contribution in [0.25, 0.3) is 0 Å². The van der Waals surface area contributed by atoms with E-state index < -0.39 is 0 Å². The van der Waals surface area contributed by atoms with Gasteiger partial charge < -0.3 is 4.90 Å². The zero-order valence-corrected chi connectivity index (χ0v) is 8.64. The number of hydrogen-bond acceptors (Lipinski definition) is 1. The highest BCUT2D eigenvalue weighted by atomic mass is 15.2. The van der Waals surface area contributed by atoms with Gasteiger partial charge >= 0.3 is 0 Å². The van der Waals surface area contributed by atoms with Gasteiger partial charge in [0.15, 0.2) is 0 Å². The maximum atomic E-state index is 2.67. The van der Waals surface area contributed by atoms with Crippen LogP contribution in [-0.4, -0.2) is 24.0 Å². The molecule has 1 saturated carbocycles. The topological polar surface area (TPSA) is 3.24 Å². The van der Waals surface area contributed by atoms with Crippen LogP contribution in [0.4, 0.5) is 0 Å². The molecule has 2 aliphatic rings. The molecule has 1 heteroatoms. The summed E-state index contributed by atoms with van der Waals surface area (Å²) >= 11 is 0. The van der Waals surface area contributed by atoms with Gasteiger partial charge in [-0.15, -0.1) is 0 Å². The van der Waals surface area contributed by atoms with Crippen molar-refractivity contribution in [3.63, 3.8) is 0 Å². The van der Waals surface area contributed by atoms with Crippen LogP contribution in [0.1, 0.15) is 40.0 Å². The molecular weight excluding hydrogens is 146 g/mol. The van der Waals surface area contributed by atoms with E-state index in [-0.39, 0.29) is 0 Å². The fourth-order valence-corrected chi connectivity index (χ4v) is 2.70. The summed E-state index contributed by atoms with van der Waals surface area (Å²) in [5.41, 5.74) is 0.780. The highest BCUT2D eigenvalue weighted by Crippen LogP contribution is 2.53. The van der Waals surface area contributed by atoms with Crippen LogP contribution < -0.4 is 0 Å². The minimum Gasteiger partial charge on any atom is -0.300 e. The van der Waals surface area contributed by atoms with E-state index in [1.165, 1.54) is 32.4 Å². The summed E-state index contributed by atoms with van der Waals surface area (Å²) in [4.78, 5) is 2.67. The monoisotopic (exact) mass is 167 g/mol. The first-order valence-corrected chi connectivity index (χ1v) is 5.35. The van der Waals surface area contributed by atoms with E-state index in [0.717, 1.165) is 17.4 Å². The highest BCUT2D eigenvalue weighted by molar-refractivity contribution is 5.00. The van der Waals surface area contributed by atoms with E-state index in [9.17, 15) is 0 Å². The minimum absolute atomic E-state index is 0.755. The number of nitrogens with zero attached hydrogens (tertiary/aromatic N) is 1. The predicted molar refractivity (Wildman–Crippen MR) is 52.2 cm³/mol. The number of hydrogen-bond donors (Lipinski definition) is 0. The smallest absolute Gasteiger partial charge is 0.00409 e. The molecule has 0 aromatic rings. The third-order valence-corrected chi connectivity index (χ3v) is 3.55. The summed E-state index contributed by atoms with van der Waals surface area (Å²) in [5.74, 6) is 0.934. The molecule has 1 aliphatic heterocycles. The Morgan fingerprint density at radius 1 is 1.33 bits per heavy atom. The van der Waals surface area contributed by atoms with Crippen molar-refractivity contribution in [2.75, 3.05) is 13.1 Å². The first-order valence-electron chi connectivity index (χ1n) is 5.35.